The molecule has 2 aliphatic rings. The Labute approximate surface area is 175 Å². The van der Waals surface area contributed by atoms with Crippen molar-refractivity contribution in [2.45, 2.75) is 6.04 Å². The molecule has 150 valence electrons. The molecule has 0 spiro atoms. The molecule has 0 saturated carbocycles. The number of carbonyl (C=O) groups excluding carboxylic acids is 2. The second-order valence-electron chi connectivity index (χ2n) is 6.35. The molecular formula is C18H25Cl2N3O3S. The lowest BCUT2D eigenvalue weighted by atomic mass is 10.0. The maximum atomic E-state index is 12.7. The van der Waals surface area contributed by atoms with E-state index >= 15 is 0 Å². The fraction of sp³-hybridized carbons (Fsp3) is 0.556. The van der Waals surface area contributed by atoms with E-state index < -0.39 is 0 Å². The molecular weight excluding hydrogens is 409 g/mol. The normalized spacial score (nSPS) is 20.1. The fourth-order valence-corrected chi connectivity index (χ4v) is 4.23. The zero-order chi connectivity index (χ0) is 18.4. The topological polar surface area (TPSA) is 61.9 Å². The van der Waals surface area contributed by atoms with E-state index in [2.05, 4.69) is 5.32 Å². The molecule has 1 N–H and O–H groups in total. The number of amides is 2. The van der Waals surface area contributed by atoms with Gasteiger partial charge in [0, 0.05) is 37.7 Å². The number of thioether (sulfide) groups is 1. The van der Waals surface area contributed by atoms with E-state index in [0.717, 1.165) is 12.1 Å². The molecule has 2 amide bonds. The van der Waals surface area contributed by atoms with Crippen LogP contribution in [0.1, 0.15) is 11.6 Å². The van der Waals surface area contributed by atoms with Gasteiger partial charge in [-0.3, -0.25) is 9.59 Å². The Kier molecular flexibility index (Phi) is 9.18. The molecule has 0 aliphatic carbocycles. The van der Waals surface area contributed by atoms with E-state index in [1.807, 2.05) is 29.2 Å². The number of carbonyl (C=O) groups is 2. The summed E-state index contributed by atoms with van der Waals surface area (Å²) in [5, 5.41) is 4.01. The molecule has 1 atom stereocenters. The van der Waals surface area contributed by atoms with Gasteiger partial charge >= 0.3 is 0 Å². The third kappa shape index (κ3) is 6.26. The molecule has 0 radical (unpaired) electrons. The number of nitrogens with zero attached hydrogens (tertiary/aromatic N) is 2. The van der Waals surface area contributed by atoms with Gasteiger partial charge in [-0.1, -0.05) is 23.7 Å². The first kappa shape index (κ1) is 22.3. The molecule has 0 aromatic heterocycles. The molecule has 2 aliphatic heterocycles. The van der Waals surface area contributed by atoms with Gasteiger partial charge in [0.25, 0.3) is 0 Å². The van der Waals surface area contributed by atoms with Crippen LogP contribution >= 0.6 is 35.8 Å². The first-order valence-electron chi connectivity index (χ1n) is 8.84. The molecule has 3 rings (SSSR count). The van der Waals surface area contributed by atoms with Crippen LogP contribution in [-0.4, -0.2) is 79.1 Å². The van der Waals surface area contributed by atoms with Crippen LogP contribution in [0, 0.1) is 0 Å². The Morgan fingerprint density at radius 2 is 1.93 bits per heavy atom. The van der Waals surface area contributed by atoms with Gasteiger partial charge in [0.1, 0.15) is 0 Å². The van der Waals surface area contributed by atoms with Gasteiger partial charge in [0.2, 0.25) is 11.8 Å². The van der Waals surface area contributed by atoms with Gasteiger partial charge in [-0.05, 0) is 17.7 Å². The zero-order valence-electron chi connectivity index (χ0n) is 15.1. The maximum absolute atomic E-state index is 12.7. The van der Waals surface area contributed by atoms with E-state index in [4.69, 9.17) is 16.3 Å². The second kappa shape index (κ2) is 11.1. The SMILES string of the molecule is Cl.O=C(CSCC(=O)N1CCNCC1c1cccc(Cl)c1)N1CCOCC1. The first-order chi connectivity index (χ1) is 12.6. The summed E-state index contributed by atoms with van der Waals surface area (Å²) in [6.45, 7) is 4.62. The minimum atomic E-state index is -0.0227. The molecule has 2 heterocycles. The van der Waals surface area contributed by atoms with Crippen molar-refractivity contribution in [3.05, 3.63) is 34.9 Å². The number of rotatable bonds is 5. The molecule has 27 heavy (non-hydrogen) atoms. The zero-order valence-corrected chi connectivity index (χ0v) is 17.5. The third-order valence-electron chi connectivity index (χ3n) is 4.61. The van der Waals surface area contributed by atoms with Crippen LogP contribution < -0.4 is 5.32 Å². The average molecular weight is 434 g/mol. The van der Waals surface area contributed by atoms with Crippen LogP contribution in [0.4, 0.5) is 0 Å². The molecule has 6 nitrogen and oxygen atoms in total. The first-order valence-corrected chi connectivity index (χ1v) is 10.4. The van der Waals surface area contributed by atoms with Crippen LogP contribution in [0.15, 0.2) is 24.3 Å². The summed E-state index contributed by atoms with van der Waals surface area (Å²) in [5.41, 5.74) is 1.03. The summed E-state index contributed by atoms with van der Waals surface area (Å²) in [4.78, 5) is 28.6. The highest BCUT2D eigenvalue weighted by atomic mass is 35.5. The van der Waals surface area contributed by atoms with Crippen molar-refractivity contribution in [1.82, 2.24) is 15.1 Å². The van der Waals surface area contributed by atoms with Crippen LogP contribution in [0.3, 0.4) is 0 Å². The predicted octanol–water partition coefficient (Wildman–Crippen LogP) is 1.83. The summed E-state index contributed by atoms with van der Waals surface area (Å²) in [6, 6.07) is 7.63. The lowest BCUT2D eigenvalue weighted by Gasteiger charge is -2.36. The molecule has 0 bridgehead atoms. The molecule has 1 unspecified atom stereocenters. The van der Waals surface area contributed by atoms with Gasteiger partial charge in [0.15, 0.2) is 0 Å². The summed E-state index contributed by atoms with van der Waals surface area (Å²) in [6.07, 6.45) is 0. The number of ether oxygens (including phenoxy) is 1. The van der Waals surface area contributed by atoms with Crippen LogP contribution in [-0.2, 0) is 14.3 Å². The highest BCUT2D eigenvalue weighted by Gasteiger charge is 2.28. The average Bonchev–Trinajstić information content (AvgIpc) is 2.68. The molecule has 2 fully saturated rings. The van der Waals surface area contributed by atoms with E-state index in [9.17, 15) is 9.59 Å². The Bertz CT molecular complexity index is 644. The summed E-state index contributed by atoms with van der Waals surface area (Å²) >= 11 is 7.49. The number of hydrogen-bond donors (Lipinski definition) is 1. The summed E-state index contributed by atoms with van der Waals surface area (Å²) in [5.74, 6) is 0.793. The second-order valence-corrected chi connectivity index (χ2v) is 7.77. The van der Waals surface area contributed by atoms with Crippen molar-refractivity contribution in [1.29, 1.82) is 0 Å². The van der Waals surface area contributed by atoms with Gasteiger partial charge < -0.3 is 19.9 Å². The number of benzene rings is 1. The van der Waals surface area contributed by atoms with Crippen molar-refractivity contribution in [3.63, 3.8) is 0 Å². The molecule has 1 aromatic carbocycles. The van der Waals surface area contributed by atoms with Crippen molar-refractivity contribution in [2.75, 3.05) is 57.4 Å². The predicted molar refractivity (Wildman–Crippen MR) is 111 cm³/mol. The lowest BCUT2D eigenvalue weighted by molar-refractivity contribution is -0.132. The summed E-state index contributed by atoms with van der Waals surface area (Å²) in [7, 11) is 0. The number of halogens is 2. The monoisotopic (exact) mass is 433 g/mol. The maximum Gasteiger partial charge on any atom is 0.233 e. The number of morpholine rings is 1. The van der Waals surface area contributed by atoms with Crippen LogP contribution in [0.5, 0.6) is 0 Å². The van der Waals surface area contributed by atoms with E-state index in [0.29, 0.717) is 55.9 Å². The smallest absolute Gasteiger partial charge is 0.233 e. The largest absolute Gasteiger partial charge is 0.378 e. The van der Waals surface area contributed by atoms with E-state index in [1.165, 1.54) is 11.8 Å². The summed E-state index contributed by atoms with van der Waals surface area (Å²) < 4.78 is 5.26. The van der Waals surface area contributed by atoms with Crippen molar-refractivity contribution >= 4 is 47.6 Å². The van der Waals surface area contributed by atoms with E-state index in [-0.39, 0.29) is 30.3 Å². The number of piperazine rings is 1. The number of hydrogen-bond acceptors (Lipinski definition) is 5. The lowest BCUT2D eigenvalue weighted by Crippen LogP contribution is -2.49. The molecule has 1 aromatic rings. The van der Waals surface area contributed by atoms with E-state index in [1.54, 1.807) is 4.90 Å². The highest BCUT2D eigenvalue weighted by molar-refractivity contribution is 8.00. The van der Waals surface area contributed by atoms with Crippen molar-refractivity contribution < 1.29 is 14.3 Å². The minimum Gasteiger partial charge on any atom is -0.378 e. The fourth-order valence-electron chi connectivity index (χ4n) is 3.23. The van der Waals surface area contributed by atoms with Crippen molar-refractivity contribution in [3.8, 4) is 0 Å². The van der Waals surface area contributed by atoms with Crippen molar-refractivity contribution in [2.24, 2.45) is 0 Å². The van der Waals surface area contributed by atoms with Gasteiger partial charge in [-0.25, -0.2) is 0 Å². The standard InChI is InChI=1S/C18H24ClN3O3S.ClH/c19-15-3-1-2-14(10-15)16-11-20-4-5-22(16)18(24)13-26-12-17(23)21-6-8-25-9-7-21;/h1-3,10,16,20H,4-9,11-13H2;1H. The third-order valence-corrected chi connectivity index (χ3v) is 5.75. The quantitative estimate of drug-likeness (QED) is 0.767. The Morgan fingerprint density at radius 1 is 1.19 bits per heavy atom. The molecule has 2 saturated heterocycles. The van der Waals surface area contributed by atoms with Crippen LogP contribution in [0.2, 0.25) is 5.02 Å². The number of nitrogens with one attached hydrogen (secondary N) is 1. The Hall–Kier alpha value is -0.990. The minimum absolute atomic E-state index is 0. The molecule has 9 heteroatoms. The van der Waals surface area contributed by atoms with Crippen LogP contribution in [0.25, 0.3) is 0 Å². The van der Waals surface area contributed by atoms with Gasteiger partial charge in [-0.2, -0.15) is 0 Å². The Balaban J connectivity index is 0.00000261. The van der Waals surface area contributed by atoms with Gasteiger partial charge in [0.05, 0.1) is 30.8 Å². The van der Waals surface area contributed by atoms with Gasteiger partial charge in [-0.15, -0.1) is 24.2 Å². The Morgan fingerprint density at radius 3 is 2.67 bits per heavy atom. The highest BCUT2D eigenvalue weighted by Crippen LogP contribution is 2.25.